The van der Waals surface area contributed by atoms with E-state index in [1.165, 1.54) is 9.87 Å². The van der Waals surface area contributed by atoms with E-state index in [0.717, 1.165) is 24.8 Å². The Labute approximate surface area is 143 Å². The highest BCUT2D eigenvalue weighted by atomic mass is 32.2. The maximum absolute atomic E-state index is 12.8. The van der Waals surface area contributed by atoms with E-state index >= 15 is 0 Å². The van der Waals surface area contributed by atoms with Crippen molar-refractivity contribution in [3.63, 3.8) is 0 Å². The third kappa shape index (κ3) is 3.35. The van der Waals surface area contributed by atoms with Gasteiger partial charge in [0.2, 0.25) is 10.0 Å². The minimum absolute atomic E-state index is 0.0477. The number of hydrogen-bond donors (Lipinski definition) is 0. The molecule has 0 heterocycles. The SMILES string of the molecule is CN([C@H]1CCCc2ccccc21)S(=O)(=O)Cc1ccc(C#N)cc1. The molecule has 4 nitrogen and oxygen atoms in total. The summed E-state index contributed by atoms with van der Waals surface area (Å²) in [5.41, 5.74) is 3.60. The van der Waals surface area contributed by atoms with Crippen LogP contribution < -0.4 is 0 Å². The van der Waals surface area contributed by atoms with Crippen molar-refractivity contribution < 1.29 is 8.42 Å². The smallest absolute Gasteiger partial charge is 0.212 e. The zero-order valence-corrected chi connectivity index (χ0v) is 14.5. The highest BCUT2D eigenvalue weighted by molar-refractivity contribution is 7.88. The van der Waals surface area contributed by atoms with E-state index in [2.05, 4.69) is 6.07 Å². The lowest BCUT2D eigenvalue weighted by atomic mass is 9.88. The summed E-state index contributed by atoms with van der Waals surface area (Å²) < 4.78 is 27.2. The highest BCUT2D eigenvalue weighted by Crippen LogP contribution is 2.35. The maximum Gasteiger partial charge on any atom is 0.218 e. The number of rotatable bonds is 4. The molecule has 0 saturated heterocycles. The Morgan fingerprint density at radius 3 is 2.58 bits per heavy atom. The van der Waals surface area contributed by atoms with E-state index in [9.17, 15) is 8.42 Å². The number of sulfonamides is 1. The Hall–Kier alpha value is -2.16. The molecule has 2 aromatic carbocycles. The quantitative estimate of drug-likeness (QED) is 0.857. The highest BCUT2D eigenvalue weighted by Gasteiger charge is 2.30. The number of aryl methyl sites for hydroxylation is 1. The molecule has 0 amide bonds. The van der Waals surface area contributed by atoms with Gasteiger partial charge >= 0.3 is 0 Å². The maximum atomic E-state index is 12.8. The molecule has 3 rings (SSSR count). The summed E-state index contributed by atoms with van der Waals surface area (Å²) >= 11 is 0. The van der Waals surface area contributed by atoms with Crippen LogP contribution in [0.4, 0.5) is 0 Å². The zero-order chi connectivity index (χ0) is 17.2. The third-order valence-corrected chi connectivity index (χ3v) is 6.48. The summed E-state index contributed by atoms with van der Waals surface area (Å²) in [5.74, 6) is -0.0477. The molecule has 0 unspecified atom stereocenters. The van der Waals surface area contributed by atoms with Crippen molar-refractivity contribution >= 4 is 10.0 Å². The van der Waals surface area contributed by atoms with Crippen LogP contribution in [0.1, 0.15) is 41.1 Å². The summed E-state index contributed by atoms with van der Waals surface area (Å²) in [4.78, 5) is 0. The lowest BCUT2D eigenvalue weighted by Crippen LogP contribution is -2.34. The van der Waals surface area contributed by atoms with Gasteiger partial charge in [-0.05, 0) is 48.1 Å². The molecule has 0 aromatic heterocycles. The molecule has 2 aromatic rings. The molecular weight excluding hydrogens is 320 g/mol. The molecule has 0 fully saturated rings. The summed E-state index contributed by atoms with van der Waals surface area (Å²) in [7, 11) is -1.75. The molecule has 0 spiro atoms. The van der Waals surface area contributed by atoms with Gasteiger partial charge in [0.1, 0.15) is 0 Å². The molecule has 1 aliphatic rings. The largest absolute Gasteiger partial charge is 0.218 e. The van der Waals surface area contributed by atoms with Crippen LogP contribution in [0.25, 0.3) is 0 Å². The van der Waals surface area contributed by atoms with Gasteiger partial charge < -0.3 is 0 Å². The van der Waals surface area contributed by atoms with E-state index in [4.69, 9.17) is 5.26 Å². The predicted molar refractivity (Wildman–Crippen MR) is 93.7 cm³/mol. The number of nitrogens with zero attached hydrogens (tertiary/aromatic N) is 2. The summed E-state index contributed by atoms with van der Waals surface area (Å²) in [5, 5.41) is 8.84. The fourth-order valence-electron chi connectivity index (χ4n) is 3.29. The molecule has 0 aliphatic heterocycles. The molecule has 0 saturated carbocycles. The zero-order valence-electron chi connectivity index (χ0n) is 13.6. The first-order valence-electron chi connectivity index (χ1n) is 8.04. The minimum atomic E-state index is -3.42. The predicted octanol–water partition coefficient (Wildman–Crippen LogP) is 3.40. The number of nitriles is 1. The average molecular weight is 340 g/mol. The topological polar surface area (TPSA) is 61.2 Å². The molecule has 124 valence electrons. The molecule has 1 atom stereocenters. The Morgan fingerprint density at radius 1 is 1.17 bits per heavy atom. The van der Waals surface area contributed by atoms with Gasteiger partial charge in [-0.15, -0.1) is 0 Å². The average Bonchev–Trinajstić information content (AvgIpc) is 2.61. The fourth-order valence-corrected chi connectivity index (χ4v) is 4.71. The van der Waals surface area contributed by atoms with Crippen molar-refractivity contribution in [3.05, 3.63) is 70.8 Å². The van der Waals surface area contributed by atoms with E-state index < -0.39 is 10.0 Å². The molecule has 5 heteroatoms. The van der Waals surface area contributed by atoms with Gasteiger partial charge in [0, 0.05) is 13.1 Å². The van der Waals surface area contributed by atoms with Crippen LogP contribution in [0.5, 0.6) is 0 Å². The normalized spacial score (nSPS) is 17.3. The summed E-state index contributed by atoms with van der Waals surface area (Å²) in [6.45, 7) is 0. The standard InChI is InChI=1S/C19H20N2O2S/c1-21(19-8-4-6-17-5-2-3-7-18(17)19)24(22,23)14-16-11-9-15(13-20)10-12-16/h2-3,5,7,9-12,19H,4,6,8,14H2,1H3/t19-/m0/s1. The van der Waals surface area contributed by atoms with Crippen molar-refractivity contribution in [1.29, 1.82) is 5.26 Å². The molecule has 0 bridgehead atoms. The Bertz CT molecular complexity index is 867. The second-order valence-corrected chi connectivity index (χ2v) is 8.22. The third-order valence-electron chi connectivity index (χ3n) is 4.65. The second kappa shape index (κ2) is 6.76. The van der Waals surface area contributed by atoms with Gasteiger partial charge in [-0.3, -0.25) is 0 Å². The first-order valence-corrected chi connectivity index (χ1v) is 9.65. The Kier molecular flexibility index (Phi) is 4.70. The van der Waals surface area contributed by atoms with Crippen molar-refractivity contribution in [2.45, 2.75) is 31.1 Å². The van der Waals surface area contributed by atoms with Crippen LogP contribution >= 0.6 is 0 Å². The van der Waals surface area contributed by atoms with Gasteiger partial charge in [-0.2, -0.15) is 9.57 Å². The number of benzene rings is 2. The molecular formula is C19H20N2O2S. The fraction of sp³-hybridized carbons (Fsp3) is 0.316. The van der Waals surface area contributed by atoms with Crippen LogP contribution in [0.15, 0.2) is 48.5 Å². The van der Waals surface area contributed by atoms with E-state index in [1.54, 1.807) is 31.3 Å². The van der Waals surface area contributed by atoms with Gasteiger partial charge in [-0.25, -0.2) is 8.42 Å². The lowest BCUT2D eigenvalue weighted by Gasteiger charge is -2.32. The lowest BCUT2D eigenvalue weighted by molar-refractivity contribution is 0.337. The van der Waals surface area contributed by atoms with E-state index in [-0.39, 0.29) is 11.8 Å². The Balaban J connectivity index is 1.83. The van der Waals surface area contributed by atoms with E-state index in [1.807, 2.05) is 24.3 Å². The molecule has 1 aliphatic carbocycles. The van der Waals surface area contributed by atoms with Crippen molar-refractivity contribution in [2.24, 2.45) is 0 Å². The van der Waals surface area contributed by atoms with Gasteiger partial charge in [0.05, 0.1) is 17.4 Å². The second-order valence-electron chi connectivity index (χ2n) is 6.19. The van der Waals surface area contributed by atoms with Crippen molar-refractivity contribution in [2.75, 3.05) is 7.05 Å². The van der Waals surface area contributed by atoms with Gasteiger partial charge in [-0.1, -0.05) is 36.4 Å². The number of fused-ring (bicyclic) bond motifs is 1. The van der Waals surface area contributed by atoms with Gasteiger partial charge in [0.25, 0.3) is 0 Å². The van der Waals surface area contributed by atoms with Crippen LogP contribution in [-0.2, 0) is 22.2 Å². The van der Waals surface area contributed by atoms with E-state index in [0.29, 0.717) is 11.1 Å². The monoisotopic (exact) mass is 340 g/mol. The van der Waals surface area contributed by atoms with Crippen LogP contribution in [0, 0.1) is 11.3 Å². The summed E-state index contributed by atoms with van der Waals surface area (Å²) in [6.07, 6.45) is 2.86. The van der Waals surface area contributed by atoms with Crippen molar-refractivity contribution in [3.8, 4) is 6.07 Å². The molecule has 0 radical (unpaired) electrons. The molecule has 24 heavy (non-hydrogen) atoms. The minimum Gasteiger partial charge on any atom is -0.212 e. The van der Waals surface area contributed by atoms with Crippen LogP contribution in [0.3, 0.4) is 0 Å². The number of hydrogen-bond acceptors (Lipinski definition) is 3. The van der Waals surface area contributed by atoms with Crippen LogP contribution in [0.2, 0.25) is 0 Å². The molecule has 0 N–H and O–H groups in total. The first-order chi connectivity index (χ1) is 11.5. The Morgan fingerprint density at radius 2 is 1.88 bits per heavy atom. The first kappa shape index (κ1) is 16.7. The van der Waals surface area contributed by atoms with Gasteiger partial charge in [0.15, 0.2) is 0 Å². The van der Waals surface area contributed by atoms with Crippen LogP contribution in [-0.4, -0.2) is 19.8 Å². The summed E-state index contributed by atoms with van der Waals surface area (Å²) in [6, 6.07) is 16.8. The van der Waals surface area contributed by atoms with Crippen molar-refractivity contribution in [1.82, 2.24) is 4.31 Å².